The van der Waals surface area contributed by atoms with Gasteiger partial charge in [-0.15, -0.1) is 0 Å². The van der Waals surface area contributed by atoms with Crippen LogP contribution in [-0.4, -0.2) is 19.0 Å². The second-order valence-electron chi connectivity index (χ2n) is 5.02. The fraction of sp³-hybridized carbons (Fsp3) is 0.235. The van der Waals surface area contributed by atoms with Gasteiger partial charge in [0.2, 0.25) is 0 Å². The van der Waals surface area contributed by atoms with Crippen LogP contribution in [0.25, 0.3) is 0 Å². The molecular formula is C17H16O3. The van der Waals surface area contributed by atoms with E-state index in [1.165, 1.54) is 0 Å². The van der Waals surface area contributed by atoms with E-state index < -0.39 is 0 Å². The molecule has 2 aromatic carbocycles. The highest BCUT2D eigenvalue weighted by Gasteiger charge is 2.20. The second-order valence-corrected chi connectivity index (χ2v) is 5.02. The van der Waals surface area contributed by atoms with Gasteiger partial charge in [0.1, 0.15) is 17.6 Å². The van der Waals surface area contributed by atoms with Crippen LogP contribution in [0.15, 0.2) is 42.5 Å². The molecular weight excluding hydrogens is 252 g/mol. The van der Waals surface area contributed by atoms with Gasteiger partial charge in [0.05, 0.1) is 7.11 Å². The summed E-state index contributed by atoms with van der Waals surface area (Å²) < 4.78 is 10.8. The van der Waals surface area contributed by atoms with Gasteiger partial charge in [0.25, 0.3) is 0 Å². The molecule has 3 rings (SSSR count). The third-order valence-electron chi connectivity index (χ3n) is 3.49. The maximum Gasteiger partial charge on any atom is 0.193 e. The minimum atomic E-state index is 0.00579. The fourth-order valence-corrected chi connectivity index (χ4v) is 2.49. The molecule has 0 aromatic heterocycles. The van der Waals surface area contributed by atoms with Crippen molar-refractivity contribution in [3.63, 3.8) is 0 Å². The molecule has 1 unspecified atom stereocenters. The molecule has 1 atom stereocenters. The largest absolute Gasteiger partial charge is 0.497 e. The summed E-state index contributed by atoms with van der Waals surface area (Å²) in [4.78, 5) is 12.5. The maximum atomic E-state index is 12.5. The normalized spacial score (nSPS) is 16.4. The molecule has 0 amide bonds. The number of benzene rings is 2. The summed E-state index contributed by atoms with van der Waals surface area (Å²) in [5.74, 6) is 1.58. The summed E-state index contributed by atoms with van der Waals surface area (Å²) in [7, 11) is 1.59. The van der Waals surface area contributed by atoms with E-state index in [-0.39, 0.29) is 11.9 Å². The highest BCUT2D eigenvalue weighted by atomic mass is 16.5. The zero-order valence-electron chi connectivity index (χ0n) is 11.6. The smallest absolute Gasteiger partial charge is 0.193 e. The average Bonchev–Trinajstić information content (AvgIpc) is 2.85. The van der Waals surface area contributed by atoms with Gasteiger partial charge in [0.15, 0.2) is 5.78 Å². The molecule has 2 aromatic rings. The number of methoxy groups -OCH3 is 1. The Morgan fingerprint density at radius 3 is 2.80 bits per heavy atom. The fourth-order valence-electron chi connectivity index (χ4n) is 2.49. The van der Waals surface area contributed by atoms with Gasteiger partial charge in [-0.25, -0.2) is 0 Å². The molecule has 0 N–H and O–H groups in total. The van der Waals surface area contributed by atoms with E-state index in [0.29, 0.717) is 16.9 Å². The summed E-state index contributed by atoms with van der Waals surface area (Å²) >= 11 is 0. The van der Waals surface area contributed by atoms with E-state index in [1.807, 2.05) is 37.3 Å². The highest BCUT2D eigenvalue weighted by Crippen LogP contribution is 2.30. The molecule has 0 bridgehead atoms. The number of fused-ring (bicyclic) bond motifs is 1. The van der Waals surface area contributed by atoms with Crippen LogP contribution in [0.5, 0.6) is 11.5 Å². The topological polar surface area (TPSA) is 35.5 Å². The van der Waals surface area contributed by atoms with Crippen LogP contribution < -0.4 is 9.47 Å². The first kappa shape index (κ1) is 12.7. The minimum Gasteiger partial charge on any atom is -0.497 e. The molecule has 3 nitrogen and oxygen atoms in total. The Labute approximate surface area is 118 Å². The molecule has 0 saturated heterocycles. The minimum absolute atomic E-state index is 0.00579. The van der Waals surface area contributed by atoms with Crippen LogP contribution in [0, 0.1) is 0 Å². The Balaban J connectivity index is 1.93. The molecule has 0 aliphatic carbocycles. The van der Waals surface area contributed by atoms with Gasteiger partial charge in [-0.05, 0) is 42.8 Å². The number of hydrogen-bond acceptors (Lipinski definition) is 3. The van der Waals surface area contributed by atoms with Crippen LogP contribution in [0.1, 0.15) is 28.4 Å². The van der Waals surface area contributed by atoms with Crippen molar-refractivity contribution in [2.75, 3.05) is 7.11 Å². The second kappa shape index (κ2) is 5.00. The van der Waals surface area contributed by atoms with E-state index in [9.17, 15) is 4.79 Å². The predicted octanol–water partition coefficient (Wildman–Crippen LogP) is 3.25. The molecule has 3 heteroatoms. The molecule has 0 radical (unpaired) electrons. The Kier molecular flexibility index (Phi) is 3.18. The molecule has 1 aliphatic rings. The Hall–Kier alpha value is -2.29. The highest BCUT2D eigenvalue weighted by molar-refractivity contribution is 6.09. The van der Waals surface area contributed by atoms with E-state index in [2.05, 4.69) is 0 Å². The number of rotatable bonds is 3. The third kappa shape index (κ3) is 2.27. The van der Waals surface area contributed by atoms with Crippen molar-refractivity contribution in [3.05, 3.63) is 59.2 Å². The lowest BCUT2D eigenvalue weighted by Gasteiger charge is -2.06. The first-order chi connectivity index (χ1) is 9.67. The SMILES string of the molecule is COc1cccc(C(=O)c2ccc3c(c2)CC(C)O3)c1. The molecule has 0 saturated carbocycles. The lowest BCUT2D eigenvalue weighted by molar-refractivity contribution is 0.103. The van der Waals surface area contributed by atoms with Gasteiger partial charge in [-0.3, -0.25) is 4.79 Å². The van der Waals surface area contributed by atoms with Crippen molar-refractivity contribution in [2.45, 2.75) is 19.4 Å². The summed E-state index contributed by atoms with van der Waals surface area (Å²) in [6.07, 6.45) is 1.04. The summed E-state index contributed by atoms with van der Waals surface area (Å²) in [6.45, 7) is 2.03. The van der Waals surface area contributed by atoms with Crippen molar-refractivity contribution >= 4 is 5.78 Å². The van der Waals surface area contributed by atoms with Crippen molar-refractivity contribution in [1.82, 2.24) is 0 Å². The number of ether oxygens (including phenoxy) is 2. The van der Waals surface area contributed by atoms with Gasteiger partial charge >= 0.3 is 0 Å². The van der Waals surface area contributed by atoms with E-state index in [4.69, 9.17) is 9.47 Å². The van der Waals surface area contributed by atoms with Crippen molar-refractivity contribution in [2.24, 2.45) is 0 Å². The number of carbonyl (C=O) groups excluding carboxylic acids is 1. The number of ketones is 1. The van der Waals surface area contributed by atoms with E-state index >= 15 is 0 Å². The zero-order valence-corrected chi connectivity index (χ0v) is 11.6. The van der Waals surface area contributed by atoms with Crippen molar-refractivity contribution < 1.29 is 14.3 Å². The van der Waals surface area contributed by atoms with Gasteiger partial charge in [-0.1, -0.05) is 12.1 Å². The Morgan fingerprint density at radius 2 is 2.00 bits per heavy atom. The van der Waals surface area contributed by atoms with Gasteiger partial charge in [0, 0.05) is 17.5 Å². The Bertz CT molecular complexity index is 661. The van der Waals surface area contributed by atoms with Crippen molar-refractivity contribution in [1.29, 1.82) is 0 Å². The monoisotopic (exact) mass is 268 g/mol. The van der Waals surface area contributed by atoms with E-state index in [0.717, 1.165) is 17.7 Å². The summed E-state index contributed by atoms with van der Waals surface area (Å²) in [6, 6.07) is 12.8. The van der Waals surface area contributed by atoms with Crippen LogP contribution in [0.4, 0.5) is 0 Å². The van der Waals surface area contributed by atoms with Crippen molar-refractivity contribution in [3.8, 4) is 11.5 Å². The maximum absolute atomic E-state index is 12.5. The third-order valence-corrected chi connectivity index (χ3v) is 3.49. The lowest BCUT2D eigenvalue weighted by atomic mass is 10.00. The summed E-state index contributed by atoms with van der Waals surface area (Å²) in [5, 5.41) is 0. The first-order valence-electron chi connectivity index (χ1n) is 6.65. The molecule has 102 valence electrons. The van der Waals surface area contributed by atoms with E-state index in [1.54, 1.807) is 19.2 Å². The van der Waals surface area contributed by atoms with Crippen LogP contribution >= 0.6 is 0 Å². The van der Waals surface area contributed by atoms with Gasteiger partial charge in [-0.2, -0.15) is 0 Å². The molecule has 1 aliphatic heterocycles. The van der Waals surface area contributed by atoms with Gasteiger partial charge < -0.3 is 9.47 Å². The molecule has 0 spiro atoms. The molecule has 20 heavy (non-hydrogen) atoms. The molecule has 1 heterocycles. The number of carbonyl (C=O) groups is 1. The quantitative estimate of drug-likeness (QED) is 0.802. The summed E-state index contributed by atoms with van der Waals surface area (Å²) in [5.41, 5.74) is 2.43. The van der Waals surface area contributed by atoms with Crippen LogP contribution in [0.2, 0.25) is 0 Å². The first-order valence-corrected chi connectivity index (χ1v) is 6.65. The lowest BCUT2D eigenvalue weighted by Crippen LogP contribution is -2.05. The molecule has 0 fully saturated rings. The average molecular weight is 268 g/mol. The predicted molar refractivity (Wildman–Crippen MR) is 76.7 cm³/mol. The van der Waals surface area contributed by atoms with Crippen LogP contribution in [0.3, 0.4) is 0 Å². The number of hydrogen-bond donors (Lipinski definition) is 0. The Morgan fingerprint density at radius 1 is 1.20 bits per heavy atom. The van der Waals surface area contributed by atoms with Crippen LogP contribution in [-0.2, 0) is 6.42 Å². The zero-order chi connectivity index (χ0) is 14.1. The standard InChI is InChI=1S/C17H16O3/c1-11-8-14-9-13(6-7-16(14)20-11)17(18)12-4-3-5-15(10-12)19-2/h3-7,9-11H,8H2,1-2H3.